The second-order valence-corrected chi connectivity index (χ2v) is 6.80. The molecule has 0 radical (unpaired) electrons. The van der Waals surface area contributed by atoms with Gasteiger partial charge in [0.25, 0.3) is 0 Å². The highest BCUT2D eigenvalue weighted by molar-refractivity contribution is 6.10. The fraction of sp³-hybridized carbons (Fsp3) is 0.240. The molecule has 3 aromatic rings. The molecule has 0 atom stereocenters. The number of aryl methyl sites for hydroxylation is 2. The van der Waals surface area contributed by atoms with Gasteiger partial charge < -0.3 is 25.6 Å². The van der Waals surface area contributed by atoms with Gasteiger partial charge in [-0.1, -0.05) is 53.2 Å². The lowest BCUT2D eigenvalue weighted by molar-refractivity contribution is -0.0980. The summed E-state index contributed by atoms with van der Waals surface area (Å²) in [5.41, 5.74) is 9.69. The first-order valence-corrected chi connectivity index (χ1v) is 10.2. The van der Waals surface area contributed by atoms with Crippen LogP contribution in [0.25, 0.3) is 17.0 Å². The average molecular weight is 437 g/mol. The molecule has 2 aromatic carbocycles. The molecule has 1 heterocycles. The van der Waals surface area contributed by atoms with Gasteiger partial charge >= 0.3 is 0 Å². The smallest absolute Gasteiger partial charge is 0.166 e. The van der Waals surface area contributed by atoms with Gasteiger partial charge in [0.1, 0.15) is 12.5 Å². The van der Waals surface area contributed by atoms with Crippen LogP contribution < -0.4 is 11.1 Å². The summed E-state index contributed by atoms with van der Waals surface area (Å²) < 4.78 is 2.05. The molecular formula is C25H32N4O3. The number of fused-ring (bicyclic) bond motifs is 1. The van der Waals surface area contributed by atoms with Crippen LogP contribution in [0.3, 0.4) is 0 Å². The largest absolute Gasteiger partial charge is 0.410 e. The van der Waals surface area contributed by atoms with Crippen molar-refractivity contribution in [2.24, 2.45) is 10.9 Å². The molecule has 0 aliphatic carbocycles. The predicted octanol–water partition coefficient (Wildman–Crippen LogP) is 3.65. The van der Waals surface area contributed by atoms with Crippen LogP contribution >= 0.6 is 0 Å². The third-order valence-electron chi connectivity index (χ3n) is 4.78. The Balaban J connectivity index is 0.00000121. The number of aromatic nitrogens is 1. The minimum absolute atomic E-state index is 0.498. The Hall–Kier alpha value is -3.55. The zero-order valence-corrected chi connectivity index (χ0v) is 18.9. The summed E-state index contributed by atoms with van der Waals surface area (Å²) in [5.74, 6) is 0. The van der Waals surface area contributed by atoms with Gasteiger partial charge in [-0.2, -0.15) is 0 Å². The second-order valence-electron chi connectivity index (χ2n) is 6.80. The molecule has 7 heteroatoms. The molecule has 0 spiro atoms. The summed E-state index contributed by atoms with van der Waals surface area (Å²) >= 11 is 0. The molecule has 0 aliphatic rings. The third-order valence-corrected chi connectivity index (χ3v) is 4.78. The van der Waals surface area contributed by atoms with Crippen molar-refractivity contribution < 1.29 is 14.8 Å². The maximum Gasteiger partial charge on any atom is 0.166 e. The standard InChI is InChI=1S/C23H25N3O2.CH5N.CH2O/c1-17-4-8-19(9-5-17)22(25-28)11-7-18-6-10-20-15-21(16-27)26(23(20)14-18)13-3-12-24-2;2*1-2/h4-11,14-16,24,28H,3,12-13H2,1-2H3;2H2,1H3;1H2/b11-7+,25-22+;;. The van der Waals surface area contributed by atoms with E-state index in [4.69, 9.17) is 4.79 Å². The minimum atomic E-state index is 0.498. The molecule has 0 saturated carbocycles. The number of allylic oxidation sites excluding steroid dienone is 1. The van der Waals surface area contributed by atoms with Crippen LogP contribution in [-0.2, 0) is 11.3 Å². The second kappa shape index (κ2) is 14.5. The molecule has 0 aliphatic heterocycles. The van der Waals surface area contributed by atoms with E-state index in [1.54, 1.807) is 6.08 Å². The van der Waals surface area contributed by atoms with Crippen molar-refractivity contribution in [2.75, 3.05) is 20.6 Å². The van der Waals surface area contributed by atoms with Gasteiger partial charge in [-0.15, -0.1) is 0 Å². The van der Waals surface area contributed by atoms with Crippen molar-refractivity contribution in [1.29, 1.82) is 0 Å². The molecule has 3 rings (SSSR count). The Morgan fingerprint density at radius 3 is 2.44 bits per heavy atom. The quantitative estimate of drug-likeness (QED) is 0.164. The first-order valence-electron chi connectivity index (χ1n) is 10.2. The average Bonchev–Trinajstić information content (AvgIpc) is 3.20. The number of nitrogens with zero attached hydrogens (tertiary/aromatic N) is 2. The van der Waals surface area contributed by atoms with Crippen molar-refractivity contribution in [1.82, 2.24) is 9.88 Å². The van der Waals surface area contributed by atoms with E-state index in [-0.39, 0.29) is 0 Å². The molecule has 0 fully saturated rings. The number of oxime groups is 1. The van der Waals surface area contributed by atoms with Gasteiger partial charge in [0.2, 0.25) is 0 Å². The summed E-state index contributed by atoms with van der Waals surface area (Å²) in [6.45, 7) is 5.69. The molecule has 0 amide bonds. The highest BCUT2D eigenvalue weighted by Crippen LogP contribution is 2.22. The van der Waals surface area contributed by atoms with E-state index in [1.807, 2.05) is 69.3 Å². The van der Waals surface area contributed by atoms with Gasteiger partial charge in [0, 0.05) is 23.0 Å². The van der Waals surface area contributed by atoms with Crippen LogP contribution in [0.1, 0.15) is 33.6 Å². The van der Waals surface area contributed by atoms with E-state index in [9.17, 15) is 10.0 Å². The summed E-state index contributed by atoms with van der Waals surface area (Å²) in [7, 11) is 3.42. The lowest BCUT2D eigenvalue weighted by Gasteiger charge is -2.08. The van der Waals surface area contributed by atoms with Crippen molar-refractivity contribution >= 4 is 35.8 Å². The van der Waals surface area contributed by atoms with Gasteiger partial charge in [0.05, 0.1) is 5.69 Å². The molecule has 0 saturated heterocycles. The van der Waals surface area contributed by atoms with Crippen molar-refractivity contribution in [3.63, 3.8) is 0 Å². The third kappa shape index (κ3) is 7.01. The van der Waals surface area contributed by atoms with E-state index in [0.717, 1.165) is 53.4 Å². The van der Waals surface area contributed by atoms with Gasteiger partial charge in [-0.3, -0.25) is 4.79 Å². The number of nitrogens with two attached hydrogens (primary N) is 1. The topological polar surface area (TPSA) is 110 Å². The first kappa shape index (κ1) is 26.5. The number of carbonyl (C=O) groups excluding carboxylic acids is 2. The maximum absolute atomic E-state index is 11.5. The summed E-state index contributed by atoms with van der Waals surface area (Å²) in [5, 5.41) is 17.0. The van der Waals surface area contributed by atoms with Crippen molar-refractivity contribution in [3.05, 3.63) is 77.0 Å². The number of rotatable bonds is 8. The lowest BCUT2D eigenvalue weighted by atomic mass is 10.1. The number of hydrogen-bond acceptors (Lipinski definition) is 6. The predicted molar refractivity (Wildman–Crippen MR) is 132 cm³/mol. The summed E-state index contributed by atoms with van der Waals surface area (Å²) in [4.78, 5) is 19.5. The molecule has 32 heavy (non-hydrogen) atoms. The van der Waals surface area contributed by atoms with Gasteiger partial charge in [0.15, 0.2) is 6.29 Å². The molecule has 1 aromatic heterocycles. The van der Waals surface area contributed by atoms with Crippen LogP contribution in [0.2, 0.25) is 0 Å². The van der Waals surface area contributed by atoms with Crippen LogP contribution in [0, 0.1) is 6.92 Å². The number of hydrogen-bond donors (Lipinski definition) is 3. The molecule has 0 unspecified atom stereocenters. The summed E-state index contributed by atoms with van der Waals surface area (Å²) in [6, 6.07) is 15.8. The van der Waals surface area contributed by atoms with Crippen molar-refractivity contribution in [2.45, 2.75) is 19.9 Å². The van der Waals surface area contributed by atoms with Crippen LogP contribution in [-0.4, -0.2) is 49.2 Å². The molecule has 170 valence electrons. The van der Waals surface area contributed by atoms with Crippen molar-refractivity contribution in [3.8, 4) is 0 Å². The molecule has 7 nitrogen and oxygen atoms in total. The first-order chi connectivity index (χ1) is 15.7. The Morgan fingerprint density at radius 1 is 1.16 bits per heavy atom. The van der Waals surface area contributed by atoms with Gasteiger partial charge in [-0.25, -0.2) is 0 Å². The van der Waals surface area contributed by atoms with Crippen LogP contribution in [0.15, 0.2) is 59.8 Å². The molecular weight excluding hydrogens is 404 g/mol. The highest BCUT2D eigenvalue weighted by atomic mass is 16.4. The van der Waals surface area contributed by atoms with E-state index in [0.29, 0.717) is 11.4 Å². The van der Waals surface area contributed by atoms with E-state index < -0.39 is 0 Å². The monoisotopic (exact) mass is 436 g/mol. The summed E-state index contributed by atoms with van der Waals surface area (Å²) in [6.07, 6.45) is 5.55. The number of nitrogens with one attached hydrogen (secondary N) is 1. The molecule has 4 N–H and O–H groups in total. The highest BCUT2D eigenvalue weighted by Gasteiger charge is 2.08. The maximum atomic E-state index is 11.5. The number of benzene rings is 2. The molecule has 0 bridgehead atoms. The number of carbonyl (C=O) groups is 2. The van der Waals surface area contributed by atoms with E-state index in [1.165, 1.54) is 7.05 Å². The Kier molecular flexibility index (Phi) is 12.0. The zero-order valence-electron chi connectivity index (χ0n) is 18.9. The lowest BCUT2D eigenvalue weighted by Crippen LogP contribution is -2.12. The van der Waals surface area contributed by atoms with Crippen LogP contribution in [0.5, 0.6) is 0 Å². The van der Waals surface area contributed by atoms with Crippen LogP contribution in [0.4, 0.5) is 0 Å². The fourth-order valence-corrected chi connectivity index (χ4v) is 3.24. The normalized spacial score (nSPS) is 10.9. The Bertz CT molecular complexity index is 1040. The number of aldehydes is 1. The fourth-order valence-electron chi connectivity index (χ4n) is 3.24. The van der Waals surface area contributed by atoms with Gasteiger partial charge in [-0.05, 0) is 57.8 Å². The minimum Gasteiger partial charge on any atom is -0.410 e. The van der Waals surface area contributed by atoms with E-state index in [2.05, 4.69) is 26.8 Å². The SMILES string of the molecule is C=O.CN.CNCCCn1c(C=O)cc2ccc(/C=C/C(=N\O)c3ccc(C)cc3)cc21. The van der Waals surface area contributed by atoms with E-state index >= 15 is 0 Å². The Labute approximate surface area is 189 Å². The Morgan fingerprint density at radius 2 is 1.84 bits per heavy atom. The zero-order chi connectivity index (χ0) is 23.9.